The van der Waals surface area contributed by atoms with Crippen molar-refractivity contribution in [2.24, 2.45) is 0 Å². The van der Waals surface area contributed by atoms with E-state index in [-0.39, 0.29) is 11.8 Å². The lowest BCUT2D eigenvalue weighted by molar-refractivity contribution is 0.760. The minimum absolute atomic E-state index is 0.170. The number of aromatic nitrogens is 6. The Kier molecular flexibility index (Phi) is 2.22. The third kappa shape index (κ3) is 1.58. The molecular formula is C23H14N6. The number of nitrogens with one attached hydrogen (secondary N) is 3. The van der Waals surface area contributed by atoms with E-state index < -0.39 is 0 Å². The van der Waals surface area contributed by atoms with Gasteiger partial charge >= 0.3 is 0 Å². The number of rotatable bonds is 0. The van der Waals surface area contributed by atoms with E-state index in [9.17, 15) is 0 Å². The first-order valence-corrected chi connectivity index (χ1v) is 9.76. The Labute approximate surface area is 164 Å². The van der Waals surface area contributed by atoms with Gasteiger partial charge in [0.05, 0.1) is 52.1 Å². The maximum Gasteiger partial charge on any atom is 0.0931 e. The Balaban J connectivity index is 1.55. The van der Waals surface area contributed by atoms with Crippen molar-refractivity contribution < 1.29 is 0 Å². The minimum Gasteiger partial charge on any atom is -0.345 e. The van der Waals surface area contributed by atoms with Crippen LogP contribution < -0.4 is 0 Å². The van der Waals surface area contributed by atoms with Crippen LogP contribution in [0.1, 0.15) is 45.2 Å². The highest BCUT2D eigenvalue weighted by molar-refractivity contribution is 5.87. The molecule has 3 N–H and O–H groups in total. The molecule has 0 radical (unpaired) electrons. The van der Waals surface area contributed by atoms with Gasteiger partial charge in [-0.1, -0.05) is 0 Å². The van der Waals surface area contributed by atoms with Crippen molar-refractivity contribution in [2.75, 3.05) is 0 Å². The quantitative estimate of drug-likeness (QED) is 0.370. The smallest absolute Gasteiger partial charge is 0.0931 e. The van der Waals surface area contributed by atoms with Crippen molar-refractivity contribution >= 4 is 33.1 Å². The summed E-state index contributed by atoms with van der Waals surface area (Å²) in [4.78, 5) is 23.4. The topological polar surface area (TPSA) is 86.0 Å². The van der Waals surface area contributed by atoms with Gasteiger partial charge in [0.15, 0.2) is 0 Å². The van der Waals surface area contributed by atoms with E-state index in [4.69, 9.17) is 0 Å². The molecule has 0 aliphatic heterocycles. The van der Waals surface area contributed by atoms with Gasteiger partial charge in [0.2, 0.25) is 0 Å². The number of hydrogen-bond donors (Lipinski definition) is 3. The highest BCUT2D eigenvalue weighted by Crippen LogP contribution is 2.57. The number of H-pyrrole nitrogens is 3. The van der Waals surface area contributed by atoms with E-state index in [0.29, 0.717) is 0 Å². The average molecular weight is 374 g/mol. The zero-order valence-electron chi connectivity index (χ0n) is 15.2. The van der Waals surface area contributed by atoms with Crippen LogP contribution in [0.3, 0.4) is 0 Å². The molecule has 0 saturated heterocycles. The highest BCUT2D eigenvalue weighted by atomic mass is 14.9. The van der Waals surface area contributed by atoms with Gasteiger partial charge in [-0.05, 0) is 69.8 Å². The monoisotopic (exact) mass is 374 g/mol. The van der Waals surface area contributed by atoms with Gasteiger partial charge in [-0.3, -0.25) is 0 Å². The maximum atomic E-state index is 4.52. The van der Waals surface area contributed by atoms with Crippen LogP contribution in [-0.2, 0) is 0 Å². The summed E-state index contributed by atoms with van der Waals surface area (Å²) < 4.78 is 0. The number of hydrogen-bond acceptors (Lipinski definition) is 3. The molecule has 0 atom stereocenters. The lowest BCUT2D eigenvalue weighted by Gasteiger charge is -2.42. The summed E-state index contributed by atoms with van der Waals surface area (Å²) in [7, 11) is 0. The largest absolute Gasteiger partial charge is 0.345 e. The molecule has 0 unspecified atom stereocenters. The van der Waals surface area contributed by atoms with Gasteiger partial charge in [0, 0.05) is 11.8 Å². The number of imidazole rings is 3. The van der Waals surface area contributed by atoms with E-state index in [1.165, 1.54) is 33.4 Å². The molecule has 0 saturated carbocycles. The van der Waals surface area contributed by atoms with Crippen molar-refractivity contribution in [3.63, 3.8) is 0 Å². The molecule has 9 rings (SSSR count). The fraction of sp³-hybridized carbons (Fsp3) is 0.0870. The predicted molar refractivity (Wildman–Crippen MR) is 110 cm³/mol. The van der Waals surface area contributed by atoms with Crippen LogP contribution in [0.25, 0.3) is 33.1 Å². The molecule has 6 nitrogen and oxygen atoms in total. The van der Waals surface area contributed by atoms with Crippen LogP contribution in [0, 0.1) is 0 Å². The zero-order valence-corrected chi connectivity index (χ0v) is 15.2. The van der Waals surface area contributed by atoms with Gasteiger partial charge < -0.3 is 15.0 Å². The molecule has 6 aromatic rings. The molecule has 6 heteroatoms. The van der Waals surface area contributed by atoms with Crippen molar-refractivity contribution in [1.29, 1.82) is 0 Å². The Morgan fingerprint density at radius 1 is 0.448 bits per heavy atom. The van der Waals surface area contributed by atoms with Crippen molar-refractivity contribution in [3.8, 4) is 0 Å². The second-order valence-electron chi connectivity index (χ2n) is 8.07. The number of benzene rings is 3. The van der Waals surface area contributed by atoms with Crippen molar-refractivity contribution in [3.05, 3.63) is 88.8 Å². The summed E-state index contributed by atoms with van der Waals surface area (Å²) in [6, 6.07) is 13.6. The third-order valence-electron chi connectivity index (χ3n) is 6.74. The first kappa shape index (κ1) is 14.1. The average Bonchev–Trinajstić information content (AvgIpc) is 3.47. The standard InChI is InChI=1S/C23H14N6/c1-10-11(2-17-16(1)24-7-25-17)23-14-5-20-18(26-8-28-20)3-12(14)22(10)13-4-19-21(6-15(13)23)29-9-27-19/h1-9,22-23H,(H,24,25)(H,26,28)(H,27,29). The summed E-state index contributed by atoms with van der Waals surface area (Å²) in [5, 5.41) is 0. The van der Waals surface area contributed by atoms with E-state index >= 15 is 0 Å². The first-order valence-electron chi connectivity index (χ1n) is 9.76. The van der Waals surface area contributed by atoms with E-state index in [2.05, 4.69) is 66.3 Å². The molecule has 0 fully saturated rings. The summed E-state index contributed by atoms with van der Waals surface area (Å²) in [6.45, 7) is 0. The highest BCUT2D eigenvalue weighted by Gasteiger charge is 2.42. The van der Waals surface area contributed by atoms with E-state index in [0.717, 1.165) is 33.1 Å². The zero-order chi connectivity index (χ0) is 18.7. The summed E-state index contributed by atoms with van der Waals surface area (Å²) >= 11 is 0. The number of aromatic amines is 3. The van der Waals surface area contributed by atoms with Gasteiger partial charge in [-0.2, -0.15) is 0 Å². The Bertz CT molecular complexity index is 1320. The number of fused-ring (bicyclic) bond motifs is 3. The first-order chi connectivity index (χ1) is 14.3. The lowest BCUT2D eigenvalue weighted by atomic mass is 9.61. The second kappa shape index (κ2) is 4.55. The van der Waals surface area contributed by atoms with Crippen LogP contribution in [0.15, 0.2) is 55.4 Å². The van der Waals surface area contributed by atoms with Crippen LogP contribution in [0.2, 0.25) is 0 Å². The van der Waals surface area contributed by atoms with Crippen LogP contribution in [0.4, 0.5) is 0 Å². The van der Waals surface area contributed by atoms with Gasteiger partial charge in [0.1, 0.15) is 0 Å². The van der Waals surface area contributed by atoms with Gasteiger partial charge in [-0.15, -0.1) is 0 Å². The lowest BCUT2D eigenvalue weighted by Crippen LogP contribution is -2.27. The van der Waals surface area contributed by atoms with E-state index in [1.54, 1.807) is 19.0 Å². The Morgan fingerprint density at radius 2 is 0.759 bits per heavy atom. The molecule has 3 heterocycles. The molecule has 3 aliphatic carbocycles. The summed E-state index contributed by atoms with van der Waals surface area (Å²) in [5.41, 5.74) is 14.4. The maximum absolute atomic E-state index is 4.52. The van der Waals surface area contributed by atoms with E-state index in [1.807, 2.05) is 0 Å². The number of nitrogens with zero attached hydrogens (tertiary/aromatic N) is 3. The SMILES string of the molecule is c1nc2cc3c(cc2[nH]1)C1c2cc4[nH]cnc4cc2C3c2cc3nc[nH]c3cc21. The van der Waals surface area contributed by atoms with Crippen molar-refractivity contribution in [1.82, 2.24) is 29.9 Å². The van der Waals surface area contributed by atoms with Crippen LogP contribution >= 0.6 is 0 Å². The molecule has 3 aromatic carbocycles. The minimum atomic E-state index is 0.170. The van der Waals surface area contributed by atoms with Crippen molar-refractivity contribution in [2.45, 2.75) is 11.8 Å². The summed E-state index contributed by atoms with van der Waals surface area (Å²) in [5.74, 6) is 0.358. The van der Waals surface area contributed by atoms with Gasteiger partial charge in [0.25, 0.3) is 0 Å². The fourth-order valence-corrected chi connectivity index (χ4v) is 5.55. The second-order valence-corrected chi connectivity index (χ2v) is 8.07. The normalized spacial score (nSPS) is 19.0. The Morgan fingerprint density at radius 3 is 1.10 bits per heavy atom. The van der Waals surface area contributed by atoms with Gasteiger partial charge in [-0.25, -0.2) is 15.0 Å². The molecule has 0 amide bonds. The van der Waals surface area contributed by atoms with Crippen LogP contribution in [0.5, 0.6) is 0 Å². The summed E-state index contributed by atoms with van der Waals surface area (Å²) in [6.07, 6.45) is 5.33. The molecule has 3 aliphatic rings. The fourth-order valence-electron chi connectivity index (χ4n) is 5.55. The molecule has 29 heavy (non-hydrogen) atoms. The third-order valence-corrected chi connectivity index (χ3v) is 6.74. The Hall–Kier alpha value is -3.93. The predicted octanol–water partition coefficient (Wildman–Crippen LogP) is 4.30. The molecular weight excluding hydrogens is 360 g/mol. The molecule has 136 valence electrons. The van der Waals surface area contributed by atoms with Crippen LogP contribution in [-0.4, -0.2) is 29.9 Å². The molecule has 0 spiro atoms. The molecule has 3 aromatic heterocycles. The molecule has 2 bridgehead atoms.